The van der Waals surface area contributed by atoms with Gasteiger partial charge in [-0.2, -0.15) is 0 Å². The average Bonchev–Trinajstić information content (AvgIpc) is 2.87. The molecule has 0 spiro atoms. The van der Waals surface area contributed by atoms with E-state index < -0.39 is 42.2 Å². The first-order chi connectivity index (χ1) is 16.9. The fraction of sp³-hybridized carbons (Fsp3) is 0.280. The Morgan fingerprint density at radius 3 is 2.23 bits per heavy atom. The highest BCUT2D eigenvalue weighted by Gasteiger charge is 2.34. The van der Waals surface area contributed by atoms with Gasteiger partial charge in [-0.3, -0.25) is 14.4 Å². The zero-order valence-corrected chi connectivity index (χ0v) is 18.7. The third-order valence-corrected chi connectivity index (χ3v) is 5.63. The zero-order chi connectivity index (χ0) is 24.8. The molecule has 4 rings (SSSR count). The number of amides is 2. The average molecular weight is 480 g/mol. The number of fused-ring (bicyclic) bond motifs is 1. The predicted molar refractivity (Wildman–Crippen MR) is 124 cm³/mol. The molecule has 35 heavy (non-hydrogen) atoms. The number of ether oxygens (including phenoxy) is 3. The van der Waals surface area contributed by atoms with Crippen LogP contribution < -0.4 is 20.1 Å². The summed E-state index contributed by atoms with van der Waals surface area (Å²) < 4.78 is 16.0. The summed E-state index contributed by atoms with van der Waals surface area (Å²) in [6.45, 7) is 0.397. The van der Waals surface area contributed by atoms with Gasteiger partial charge < -0.3 is 30.0 Å². The van der Waals surface area contributed by atoms with Crippen LogP contribution in [-0.4, -0.2) is 48.7 Å². The van der Waals surface area contributed by atoms with Crippen LogP contribution in [0.5, 0.6) is 11.5 Å². The first kappa shape index (κ1) is 23.8. The summed E-state index contributed by atoms with van der Waals surface area (Å²) in [6.07, 6.45) is 4.22. The first-order valence-corrected chi connectivity index (χ1v) is 11.1. The molecule has 3 N–H and O–H groups in total. The molecule has 1 heterocycles. The Labute approximate surface area is 200 Å². The number of rotatable bonds is 7. The van der Waals surface area contributed by atoms with Crippen LogP contribution in [-0.2, 0) is 19.1 Å². The lowest BCUT2D eigenvalue weighted by Crippen LogP contribution is -2.34. The van der Waals surface area contributed by atoms with E-state index in [9.17, 15) is 24.3 Å². The van der Waals surface area contributed by atoms with Crippen molar-refractivity contribution in [3.8, 4) is 11.5 Å². The van der Waals surface area contributed by atoms with Crippen LogP contribution in [0.2, 0.25) is 0 Å². The lowest BCUT2D eigenvalue weighted by atomic mass is 9.82. The summed E-state index contributed by atoms with van der Waals surface area (Å²) in [5.41, 5.74) is 1.09. The Hall–Kier alpha value is -4.34. The second-order valence-corrected chi connectivity index (χ2v) is 8.04. The number of allylic oxidation sites excluding steroid dienone is 2. The molecule has 182 valence electrons. The summed E-state index contributed by atoms with van der Waals surface area (Å²) in [6, 6.07) is 10.9. The number of carboxylic acids is 1. The quantitative estimate of drug-likeness (QED) is 0.406. The zero-order valence-electron chi connectivity index (χ0n) is 18.7. The minimum absolute atomic E-state index is 0.194. The van der Waals surface area contributed by atoms with E-state index in [1.54, 1.807) is 30.4 Å². The largest absolute Gasteiger partial charge is 0.486 e. The van der Waals surface area contributed by atoms with Crippen molar-refractivity contribution in [1.82, 2.24) is 0 Å². The fourth-order valence-corrected chi connectivity index (χ4v) is 3.83. The van der Waals surface area contributed by atoms with Crippen molar-refractivity contribution in [3.63, 3.8) is 0 Å². The lowest BCUT2D eigenvalue weighted by molar-refractivity contribution is -0.146. The van der Waals surface area contributed by atoms with E-state index in [-0.39, 0.29) is 5.56 Å². The summed E-state index contributed by atoms with van der Waals surface area (Å²) in [4.78, 5) is 48.4. The van der Waals surface area contributed by atoms with Crippen LogP contribution >= 0.6 is 0 Å². The summed E-state index contributed by atoms with van der Waals surface area (Å²) in [5.74, 6) is -2.96. The van der Waals surface area contributed by atoms with Gasteiger partial charge in [-0.15, -0.1) is 0 Å². The smallest absolute Gasteiger partial charge is 0.338 e. The van der Waals surface area contributed by atoms with Crippen LogP contribution in [0, 0.1) is 11.8 Å². The molecule has 2 aromatic rings. The Morgan fingerprint density at radius 1 is 0.857 bits per heavy atom. The van der Waals surface area contributed by atoms with Gasteiger partial charge in [-0.25, -0.2) is 4.79 Å². The van der Waals surface area contributed by atoms with E-state index in [4.69, 9.17) is 14.2 Å². The molecule has 0 fully saturated rings. The maximum absolute atomic E-state index is 12.5. The van der Waals surface area contributed by atoms with E-state index in [2.05, 4.69) is 10.6 Å². The van der Waals surface area contributed by atoms with Crippen LogP contribution in [0.3, 0.4) is 0 Å². The third-order valence-electron chi connectivity index (χ3n) is 5.63. The SMILES string of the molecule is O=C(COC(=O)c1ccc(NC(=O)[C@H]2CC=CC[C@H]2C(=O)O)cc1)Nc1ccc2c(c1)OCCO2. The normalized spacial score (nSPS) is 18.3. The molecule has 0 radical (unpaired) electrons. The minimum Gasteiger partial charge on any atom is -0.486 e. The molecule has 0 saturated heterocycles. The van der Waals surface area contributed by atoms with Crippen molar-refractivity contribution < 1.29 is 38.5 Å². The highest BCUT2D eigenvalue weighted by molar-refractivity contribution is 5.97. The molecule has 2 atom stereocenters. The maximum atomic E-state index is 12.5. The molecule has 1 aliphatic heterocycles. The lowest BCUT2D eigenvalue weighted by Gasteiger charge is -2.24. The van der Waals surface area contributed by atoms with Crippen LogP contribution in [0.25, 0.3) is 0 Å². The van der Waals surface area contributed by atoms with Crippen molar-refractivity contribution in [3.05, 3.63) is 60.2 Å². The Morgan fingerprint density at radius 2 is 1.51 bits per heavy atom. The first-order valence-electron chi connectivity index (χ1n) is 11.1. The molecule has 2 aliphatic rings. The van der Waals surface area contributed by atoms with Gasteiger partial charge in [0, 0.05) is 17.4 Å². The van der Waals surface area contributed by atoms with E-state index in [0.29, 0.717) is 48.9 Å². The van der Waals surface area contributed by atoms with Gasteiger partial charge in [0.2, 0.25) is 5.91 Å². The highest BCUT2D eigenvalue weighted by Crippen LogP contribution is 2.32. The predicted octanol–water partition coefficient (Wildman–Crippen LogP) is 2.86. The number of anilines is 2. The van der Waals surface area contributed by atoms with Gasteiger partial charge in [0.1, 0.15) is 13.2 Å². The van der Waals surface area contributed by atoms with Gasteiger partial charge in [0.25, 0.3) is 5.91 Å². The van der Waals surface area contributed by atoms with Gasteiger partial charge in [-0.1, -0.05) is 12.2 Å². The molecular weight excluding hydrogens is 456 g/mol. The van der Waals surface area contributed by atoms with Crippen LogP contribution in [0.15, 0.2) is 54.6 Å². The van der Waals surface area contributed by atoms with Crippen LogP contribution in [0.4, 0.5) is 11.4 Å². The standard InChI is InChI=1S/C25H24N2O8/c28-22(26-17-9-10-20-21(13-17)34-12-11-33-20)14-35-25(32)15-5-7-16(8-6-15)27-23(29)18-3-1-2-4-19(18)24(30)31/h1-2,5-10,13,18-19H,3-4,11-12,14H2,(H,26,28)(H,27,29)(H,30,31)/t18-,19+/m0/s1. The molecule has 0 bridgehead atoms. The molecule has 2 amide bonds. The third kappa shape index (κ3) is 5.97. The molecule has 0 aromatic heterocycles. The van der Waals surface area contributed by atoms with Crippen molar-refractivity contribution in [1.29, 1.82) is 0 Å². The number of hydrogen-bond acceptors (Lipinski definition) is 7. The molecule has 2 aromatic carbocycles. The molecule has 10 nitrogen and oxygen atoms in total. The van der Waals surface area contributed by atoms with Crippen LogP contribution in [0.1, 0.15) is 23.2 Å². The van der Waals surface area contributed by atoms with Crippen molar-refractivity contribution in [2.24, 2.45) is 11.8 Å². The van der Waals surface area contributed by atoms with E-state index >= 15 is 0 Å². The fourth-order valence-electron chi connectivity index (χ4n) is 3.83. The Balaban J connectivity index is 1.27. The minimum atomic E-state index is -1.01. The van der Waals surface area contributed by atoms with Crippen molar-refractivity contribution >= 4 is 35.1 Å². The maximum Gasteiger partial charge on any atom is 0.338 e. The molecule has 1 aliphatic carbocycles. The molecule has 0 saturated carbocycles. The second-order valence-electron chi connectivity index (χ2n) is 8.04. The molecular formula is C25H24N2O8. The van der Waals surface area contributed by atoms with Crippen molar-refractivity contribution in [2.45, 2.75) is 12.8 Å². The number of aliphatic carboxylic acids is 1. The number of hydrogen-bond donors (Lipinski definition) is 3. The van der Waals surface area contributed by atoms with E-state index in [1.807, 2.05) is 0 Å². The Kier molecular flexibility index (Phi) is 7.30. The van der Waals surface area contributed by atoms with Gasteiger partial charge in [0.15, 0.2) is 18.1 Å². The number of nitrogens with one attached hydrogen (secondary N) is 2. The number of carboxylic acid groups (broad SMARTS) is 1. The van der Waals surface area contributed by atoms with E-state index in [1.165, 1.54) is 24.3 Å². The summed E-state index contributed by atoms with van der Waals surface area (Å²) in [5, 5.41) is 14.7. The second kappa shape index (κ2) is 10.7. The summed E-state index contributed by atoms with van der Waals surface area (Å²) >= 11 is 0. The van der Waals surface area contributed by atoms with E-state index in [0.717, 1.165) is 0 Å². The number of esters is 1. The summed E-state index contributed by atoms with van der Waals surface area (Å²) in [7, 11) is 0. The highest BCUT2D eigenvalue weighted by atomic mass is 16.6. The van der Waals surface area contributed by atoms with Gasteiger partial charge in [-0.05, 0) is 49.2 Å². The number of benzene rings is 2. The molecule has 10 heteroatoms. The number of carbonyl (C=O) groups is 4. The topological polar surface area (TPSA) is 140 Å². The molecule has 0 unspecified atom stereocenters. The van der Waals surface area contributed by atoms with Gasteiger partial charge in [0.05, 0.1) is 17.4 Å². The van der Waals surface area contributed by atoms with Crippen molar-refractivity contribution in [2.75, 3.05) is 30.5 Å². The monoisotopic (exact) mass is 480 g/mol. The van der Waals surface area contributed by atoms with Gasteiger partial charge >= 0.3 is 11.9 Å². The number of carbonyl (C=O) groups excluding carboxylic acids is 3. The Bertz CT molecular complexity index is 1160.